The van der Waals surface area contributed by atoms with Gasteiger partial charge in [-0.05, 0) is 62.8 Å². The van der Waals surface area contributed by atoms with Crippen molar-refractivity contribution >= 4 is 5.82 Å². The van der Waals surface area contributed by atoms with Gasteiger partial charge >= 0.3 is 0 Å². The SMILES string of the molecule is Cc1cc(N2CCCCC2)ncc1C1CCCN1. The molecule has 3 heterocycles. The lowest BCUT2D eigenvalue weighted by Crippen LogP contribution is -2.30. The number of aromatic nitrogens is 1. The molecule has 0 saturated carbocycles. The highest BCUT2D eigenvalue weighted by Gasteiger charge is 2.19. The van der Waals surface area contributed by atoms with Crippen LogP contribution in [0.25, 0.3) is 0 Å². The van der Waals surface area contributed by atoms with E-state index in [2.05, 4.69) is 29.4 Å². The van der Waals surface area contributed by atoms with E-state index in [4.69, 9.17) is 4.98 Å². The Hall–Kier alpha value is -1.09. The number of pyridine rings is 1. The maximum Gasteiger partial charge on any atom is 0.128 e. The highest BCUT2D eigenvalue weighted by Crippen LogP contribution is 2.27. The van der Waals surface area contributed by atoms with Crippen LogP contribution in [0.4, 0.5) is 5.82 Å². The molecule has 0 spiro atoms. The molecule has 0 aliphatic carbocycles. The quantitative estimate of drug-likeness (QED) is 0.868. The second kappa shape index (κ2) is 5.27. The molecule has 1 N–H and O–H groups in total. The fourth-order valence-corrected chi connectivity index (χ4v) is 3.16. The molecule has 18 heavy (non-hydrogen) atoms. The van der Waals surface area contributed by atoms with E-state index in [1.165, 1.54) is 62.1 Å². The zero-order valence-electron chi connectivity index (χ0n) is 11.3. The van der Waals surface area contributed by atoms with Crippen molar-refractivity contribution in [3.8, 4) is 0 Å². The number of anilines is 1. The van der Waals surface area contributed by atoms with Crippen molar-refractivity contribution < 1.29 is 0 Å². The molecule has 0 amide bonds. The van der Waals surface area contributed by atoms with Crippen LogP contribution in [0.1, 0.15) is 49.3 Å². The minimum Gasteiger partial charge on any atom is -0.357 e. The molecule has 3 rings (SSSR count). The van der Waals surface area contributed by atoms with Gasteiger partial charge in [0, 0.05) is 25.3 Å². The third kappa shape index (κ3) is 2.37. The predicted molar refractivity (Wildman–Crippen MR) is 75.0 cm³/mol. The van der Waals surface area contributed by atoms with Gasteiger partial charge in [0.1, 0.15) is 5.82 Å². The average molecular weight is 245 g/mol. The number of rotatable bonds is 2. The van der Waals surface area contributed by atoms with E-state index in [1.807, 2.05) is 0 Å². The van der Waals surface area contributed by atoms with Gasteiger partial charge in [-0.25, -0.2) is 4.98 Å². The van der Waals surface area contributed by atoms with Gasteiger partial charge in [0.05, 0.1) is 0 Å². The smallest absolute Gasteiger partial charge is 0.128 e. The minimum absolute atomic E-state index is 0.535. The third-order valence-corrected chi connectivity index (χ3v) is 4.25. The fourth-order valence-electron chi connectivity index (χ4n) is 3.16. The van der Waals surface area contributed by atoms with Gasteiger partial charge in [-0.1, -0.05) is 0 Å². The monoisotopic (exact) mass is 245 g/mol. The van der Waals surface area contributed by atoms with Crippen LogP contribution in [0.3, 0.4) is 0 Å². The zero-order chi connectivity index (χ0) is 12.4. The molecule has 3 nitrogen and oxygen atoms in total. The minimum atomic E-state index is 0.535. The van der Waals surface area contributed by atoms with Crippen molar-refractivity contribution in [3.63, 3.8) is 0 Å². The van der Waals surface area contributed by atoms with E-state index in [0.29, 0.717) is 6.04 Å². The van der Waals surface area contributed by atoms with Crippen LogP contribution >= 0.6 is 0 Å². The van der Waals surface area contributed by atoms with Gasteiger partial charge < -0.3 is 10.2 Å². The normalized spacial score (nSPS) is 24.5. The van der Waals surface area contributed by atoms with E-state index in [0.717, 1.165) is 6.54 Å². The van der Waals surface area contributed by atoms with Gasteiger partial charge in [0.15, 0.2) is 0 Å². The first-order chi connectivity index (χ1) is 8.84. The molecular formula is C15H23N3. The first-order valence-electron chi connectivity index (χ1n) is 7.29. The predicted octanol–water partition coefficient (Wildman–Crippen LogP) is 2.80. The Kier molecular flexibility index (Phi) is 3.50. The molecular weight excluding hydrogens is 222 g/mol. The molecule has 0 aromatic carbocycles. The van der Waals surface area contributed by atoms with E-state index in [-0.39, 0.29) is 0 Å². The molecule has 0 radical (unpaired) electrons. The Bertz CT molecular complexity index is 404. The van der Waals surface area contributed by atoms with Crippen LogP contribution < -0.4 is 10.2 Å². The lowest BCUT2D eigenvalue weighted by Gasteiger charge is -2.28. The van der Waals surface area contributed by atoms with Gasteiger partial charge in [-0.3, -0.25) is 0 Å². The molecule has 2 fully saturated rings. The average Bonchev–Trinajstić information content (AvgIpc) is 2.93. The van der Waals surface area contributed by atoms with Crippen LogP contribution in [-0.4, -0.2) is 24.6 Å². The Morgan fingerprint density at radius 2 is 2.06 bits per heavy atom. The van der Waals surface area contributed by atoms with Crippen molar-refractivity contribution in [2.75, 3.05) is 24.5 Å². The standard InChI is InChI=1S/C15H23N3/c1-12-10-15(18-8-3-2-4-9-18)17-11-13(12)14-6-5-7-16-14/h10-11,14,16H,2-9H2,1H3. The van der Waals surface area contributed by atoms with Gasteiger partial charge in [-0.2, -0.15) is 0 Å². The molecule has 1 aromatic rings. The van der Waals surface area contributed by atoms with Crippen molar-refractivity contribution in [2.24, 2.45) is 0 Å². The summed E-state index contributed by atoms with van der Waals surface area (Å²) in [6, 6.07) is 2.81. The topological polar surface area (TPSA) is 28.2 Å². The second-order valence-corrected chi connectivity index (χ2v) is 5.60. The first-order valence-corrected chi connectivity index (χ1v) is 7.29. The Balaban J connectivity index is 1.79. The summed E-state index contributed by atoms with van der Waals surface area (Å²) >= 11 is 0. The maximum atomic E-state index is 4.69. The van der Waals surface area contributed by atoms with E-state index in [9.17, 15) is 0 Å². The van der Waals surface area contributed by atoms with Crippen LogP contribution in [0, 0.1) is 6.92 Å². The molecule has 2 aliphatic heterocycles. The highest BCUT2D eigenvalue weighted by molar-refractivity contribution is 5.44. The highest BCUT2D eigenvalue weighted by atomic mass is 15.2. The summed E-state index contributed by atoms with van der Waals surface area (Å²) in [6.45, 7) is 5.73. The van der Waals surface area contributed by atoms with Crippen LogP contribution in [0.5, 0.6) is 0 Å². The number of nitrogens with zero attached hydrogens (tertiary/aromatic N) is 2. The van der Waals surface area contributed by atoms with E-state index < -0.39 is 0 Å². The largest absolute Gasteiger partial charge is 0.357 e. The van der Waals surface area contributed by atoms with Gasteiger partial charge in [0.25, 0.3) is 0 Å². The Labute approximate surface area is 110 Å². The van der Waals surface area contributed by atoms with Crippen molar-refractivity contribution in [2.45, 2.75) is 45.1 Å². The molecule has 1 unspecified atom stereocenters. The number of nitrogens with one attached hydrogen (secondary N) is 1. The molecule has 1 atom stereocenters. The van der Waals surface area contributed by atoms with E-state index >= 15 is 0 Å². The fraction of sp³-hybridized carbons (Fsp3) is 0.667. The van der Waals surface area contributed by atoms with E-state index in [1.54, 1.807) is 0 Å². The van der Waals surface area contributed by atoms with Gasteiger partial charge in [-0.15, -0.1) is 0 Å². The summed E-state index contributed by atoms with van der Waals surface area (Å²) in [7, 11) is 0. The second-order valence-electron chi connectivity index (χ2n) is 5.60. The van der Waals surface area contributed by atoms with Crippen LogP contribution in [0.2, 0.25) is 0 Å². The number of hydrogen-bond acceptors (Lipinski definition) is 3. The first kappa shape index (κ1) is 12.0. The van der Waals surface area contributed by atoms with Crippen LogP contribution in [0.15, 0.2) is 12.3 Å². The Morgan fingerprint density at radius 3 is 2.72 bits per heavy atom. The zero-order valence-corrected chi connectivity index (χ0v) is 11.3. The third-order valence-electron chi connectivity index (χ3n) is 4.25. The molecule has 0 bridgehead atoms. The summed E-state index contributed by atoms with van der Waals surface area (Å²) in [5, 5.41) is 3.56. The molecule has 98 valence electrons. The molecule has 2 saturated heterocycles. The summed E-state index contributed by atoms with van der Waals surface area (Å²) in [5.74, 6) is 1.17. The van der Waals surface area contributed by atoms with Crippen molar-refractivity contribution in [3.05, 3.63) is 23.4 Å². The summed E-state index contributed by atoms with van der Waals surface area (Å²) in [6.07, 6.45) is 8.64. The summed E-state index contributed by atoms with van der Waals surface area (Å²) in [4.78, 5) is 7.13. The number of piperidine rings is 1. The van der Waals surface area contributed by atoms with Gasteiger partial charge in [0.2, 0.25) is 0 Å². The van der Waals surface area contributed by atoms with Crippen molar-refractivity contribution in [1.82, 2.24) is 10.3 Å². The number of aryl methyl sites for hydroxylation is 1. The summed E-state index contributed by atoms with van der Waals surface area (Å²) < 4.78 is 0. The summed E-state index contributed by atoms with van der Waals surface area (Å²) in [5.41, 5.74) is 2.79. The molecule has 1 aromatic heterocycles. The Morgan fingerprint density at radius 1 is 1.22 bits per heavy atom. The number of hydrogen-bond donors (Lipinski definition) is 1. The van der Waals surface area contributed by atoms with Crippen LogP contribution in [-0.2, 0) is 0 Å². The molecule has 3 heteroatoms. The van der Waals surface area contributed by atoms with Crippen molar-refractivity contribution in [1.29, 1.82) is 0 Å². The lowest BCUT2D eigenvalue weighted by molar-refractivity contribution is 0.572. The maximum absolute atomic E-state index is 4.69. The lowest BCUT2D eigenvalue weighted by atomic mass is 10.0. The molecule has 2 aliphatic rings.